The van der Waals surface area contributed by atoms with Crippen molar-refractivity contribution in [3.05, 3.63) is 101 Å². The molecular weight excluding hydrogens is 424 g/mol. The molecular formula is C29H34N2O3. The maximum Gasteiger partial charge on any atom is 0.260 e. The van der Waals surface area contributed by atoms with Crippen LogP contribution < -0.4 is 10.1 Å². The van der Waals surface area contributed by atoms with Gasteiger partial charge in [-0.2, -0.15) is 0 Å². The number of benzene rings is 3. The van der Waals surface area contributed by atoms with E-state index >= 15 is 0 Å². The Bertz CT molecular complexity index is 1100. The Morgan fingerprint density at radius 3 is 2.68 bits per heavy atom. The first-order chi connectivity index (χ1) is 16.5. The second-order valence-corrected chi connectivity index (χ2v) is 8.93. The predicted molar refractivity (Wildman–Crippen MR) is 135 cm³/mol. The van der Waals surface area contributed by atoms with E-state index in [1.54, 1.807) is 14.0 Å². The van der Waals surface area contributed by atoms with Gasteiger partial charge in [-0.05, 0) is 54.7 Å². The molecule has 34 heavy (non-hydrogen) atoms. The lowest BCUT2D eigenvalue weighted by Gasteiger charge is -2.38. The third kappa shape index (κ3) is 5.85. The Morgan fingerprint density at radius 2 is 1.91 bits per heavy atom. The second-order valence-electron chi connectivity index (χ2n) is 8.93. The van der Waals surface area contributed by atoms with Gasteiger partial charge in [0.25, 0.3) is 5.91 Å². The van der Waals surface area contributed by atoms with Crippen molar-refractivity contribution >= 4 is 5.91 Å². The number of carbonyl (C=O) groups is 1. The van der Waals surface area contributed by atoms with E-state index < -0.39 is 6.10 Å². The number of carbonyl (C=O) groups excluding carboxylic acids is 1. The van der Waals surface area contributed by atoms with Gasteiger partial charge in [0.2, 0.25) is 0 Å². The maximum atomic E-state index is 12.4. The van der Waals surface area contributed by atoms with Crippen LogP contribution in [0.2, 0.25) is 0 Å². The number of hydrogen-bond donors (Lipinski definition) is 1. The number of rotatable bonds is 9. The summed E-state index contributed by atoms with van der Waals surface area (Å²) in [6.07, 6.45) is 0.398. The van der Waals surface area contributed by atoms with Crippen LogP contribution in [0, 0.1) is 6.92 Å². The first kappa shape index (κ1) is 24.0. The molecule has 0 spiro atoms. The maximum absolute atomic E-state index is 12.4. The number of hydrogen-bond acceptors (Lipinski definition) is 4. The Morgan fingerprint density at radius 1 is 1.09 bits per heavy atom. The minimum atomic E-state index is -0.586. The van der Waals surface area contributed by atoms with Crippen molar-refractivity contribution < 1.29 is 14.3 Å². The third-order valence-corrected chi connectivity index (χ3v) is 6.32. The van der Waals surface area contributed by atoms with E-state index in [-0.39, 0.29) is 11.9 Å². The first-order valence-electron chi connectivity index (χ1n) is 12.0. The predicted octanol–water partition coefficient (Wildman–Crippen LogP) is 4.67. The van der Waals surface area contributed by atoms with Crippen LogP contribution in [-0.4, -0.2) is 43.7 Å². The van der Waals surface area contributed by atoms with Gasteiger partial charge < -0.3 is 14.8 Å². The quantitative estimate of drug-likeness (QED) is 0.474. The molecule has 0 saturated heterocycles. The molecule has 0 fully saturated rings. The first-order valence-corrected chi connectivity index (χ1v) is 12.0. The normalized spacial score (nSPS) is 16.5. The minimum absolute atomic E-state index is 0.125. The molecule has 1 N–H and O–H groups in total. The highest BCUT2D eigenvalue weighted by atomic mass is 16.5. The van der Waals surface area contributed by atoms with Gasteiger partial charge in [-0.15, -0.1) is 0 Å². The summed E-state index contributed by atoms with van der Waals surface area (Å²) in [5.74, 6) is 0.571. The Hall–Kier alpha value is -3.15. The Balaban J connectivity index is 1.60. The minimum Gasteiger partial charge on any atom is -0.481 e. The molecule has 4 rings (SSSR count). The van der Waals surface area contributed by atoms with Crippen LogP contribution in [0.3, 0.4) is 0 Å². The zero-order valence-electron chi connectivity index (χ0n) is 20.3. The molecule has 1 heterocycles. The second kappa shape index (κ2) is 11.3. The molecule has 5 heteroatoms. The zero-order valence-corrected chi connectivity index (χ0v) is 20.3. The number of fused-ring (bicyclic) bond motifs is 1. The summed E-state index contributed by atoms with van der Waals surface area (Å²) in [4.78, 5) is 14.9. The number of amides is 1. The monoisotopic (exact) mass is 458 g/mol. The lowest BCUT2D eigenvalue weighted by Crippen LogP contribution is -2.38. The SMILES string of the molecule is COCCNC(=O)C(C)Oc1ccc2c(c1)C(c1ccccc1)N(Cc1cccc(C)c1)CC2. The molecule has 0 radical (unpaired) electrons. The van der Waals surface area contributed by atoms with Gasteiger partial charge in [-0.25, -0.2) is 0 Å². The highest BCUT2D eigenvalue weighted by molar-refractivity contribution is 5.80. The number of ether oxygens (including phenoxy) is 2. The van der Waals surface area contributed by atoms with E-state index in [9.17, 15) is 4.79 Å². The molecule has 0 aliphatic carbocycles. The van der Waals surface area contributed by atoms with E-state index in [1.807, 2.05) is 6.07 Å². The molecule has 178 valence electrons. The Labute approximate surface area is 202 Å². The van der Waals surface area contributed by atoms with Crippen molar-refractivity contribution in [3.8, 4) is 5.75 Å². The number of methoxy groups -OCH3 is 1. The summed E-state index contributed by atoms with van der Waals surface area (Å²) in [5, 5.41) is 2.84. The molecule has 3 aromatic carbocycles. The van der Waals surface area contributed by atoms with Gasteiger partial charge in [0.05, 0.1) is 12.6 Å². The van der Waals surface area contributed by atoms with E-state index in [0.717, 1.165) is 19.5 Å². The lowest BCUT2D eigenvalue weighted by atomic mass is 9.87. The van der Waals surface area contributed by atoms with Crippen LogP contribution in [-0.2, 0) is 22.5 Å². The van der Waals surface area contributed by atoms with Crippen molar-refractivity contribution in [2.24, 2.45) is 0 Å². The standard InChI is InChI=1S/C29H34N2O3/c1-21-8-7-9-23(18-21)20-31-16-14-24-12-13-26(34-22(2)29(32)30-15-17-33-3)19-27(24)28(31)25-10-5-4-6-11-25/h4-13,18-19,22,28H,14-17,20H2,1-3H3,(H,30,32). The highest BCUT2D eigenvalue weighted by Crippen LogP contribution is 2.38. The molecule has 1 aliphatic rings. The van der Waals surface area contributed by atoms with E-state index in [1.165, 1.54) is 27.8 Å². The molecule has 2 unspecified atom stereocenters. The molecule has 5 nitrogen and oxygen atoms in total. The van der Waals surface area contributed by atoms with Gasteiger partial charge >= 0.3 is 0 Å². The lowest BCUT2D eigenvalue weighted by molar-refractivity contribution is -0.127. The summed E-state index contributed by atoms with van der Waals surface area (Å²) in [6.45, 7) is 6.73. The zero-order chi connectivity index (χ0) is 23.9. The van der Waals surface area contributed by atoms with Gasteiger partial charge in [0.1, 0.15) is 5.75 Å². The largest absolute Gasteiger partial charge is 0.481 e. The molecule has 1 aliphatic heterocycles. The summed E-state index contributed by atoms with van der Waals surface area (Å²) >= 11 is 0. The topological polar surface area (TPSA) is 50.8 Å². The average Bonchev–Trinajstić information content (AvgIpc) is 2.84. The summed E-state index contributed by atoms with van der Waals surface area (Å²) in [5.41, 5.74) is 6.44. The van der Waals surface area contributed by atoms with Crippen molar-refractivity contribution in [2.75, 3.05) is 26.8 Å². The van der Waals surface area contributed by atoms with Crippen LogP contribution in [0.1, 0.15) is 40.8 Å². The third-order valence-electron chi connectivity index (χ3n) is 6.32. The fourth-order valence-corrected chi connectivity index (χ4v) is 4.64. The van der Waals surface area contributed by atoms with Gasteiger partial charge in [0.15, 0.2) is 6.10 Å². The number of aryl methyl sites for hydroxylation is 1. The Kier molecular flexibility index (Phi) is 7.99. The summed E-state index contributed by atoms with van der Waals surface area (Å²) in [6, 6.07) is 25.8. The molecule has 3 aromatic rings. The number of nitrogens with zero attached hydrogens (tertiary/aromatic N) is 1. The van der Waals surface area contributed by atoms with Crippen molar-refractivity contribution in [3.63, 3.8) is 0 Å². The van der Waals surface area contributed by atoms with Crippen LogP contribution in [0.25, 0.3) is 0 Å². The van der Waals surface area contributed by atoms with Crippen molar-refractivity contribution in [1.29, 1.82) is 0 Å². The van der Waals surface area contributed by atoms with E-state index in [2.05, 4.69) is 83.9 Å². The molecule has 0 saturated carbocycles. The van der Waals surface area contributed by atoms with Crippen molar-refractivity contribution in [2.45, 2.75) is 39.0 Å². The van der Waals surface area contributed by atoms with Crippen LogP contribution in [0.15, 0.2) is 72.8 Å². The van der Waals surface area contributed by atoms with Gasteiger partial charge in [-0.3, -0.25) is 9.69 Å². The van der Waals surface area contributed by atoms with E-state index in [0.29, 0.717) is 18.9 Å². The van der Waals surface area contributed by atoms with Crippen LogP contribution in [0.4, 0.5) is 0 Å². The summed E-state index contributed by atoms with van der Waals surface area (Å²) in [7, 11) is 1.62. The van der Waals surface area contributed by atoms with Crippen LogP contribution >= 0.6 is 0 Å². The van der Waals surface area contributed by atoms with Gasteiger partial charge in [-0.1, -0.05) is 66.2 Å². The smallest absolute Gasteiger partial charge is 0.260 e. The summed E-state index contributed by atoms with van der Waals surface area (Å²) < 4.78 is 11.1. The molecule has 2 atom stereocenters. The van der Waals surface area contributed by atoms with Crippen molar-refractivity contribution in [1.82, 2.24) is 10.2 Å². The average molecular weight is 459 g/mol. The van der Waals surface area contributed by atoms with Gasteiger partial charge in [0, 0.05) is 26.7 Å². The highest BCUT2D eigenvalue weighted by Gasteiger charge is 2.29. The fourth-order valence-electron chi connectivity index (χ4n) is 4.64. The molecule has 0 aromatic heterocycles. The van der Waals surface area contributed by atoms with E-state index in [4.69, 9.17) is 9.47 Å². The molecule has 1 amide bonds. The number of nitrogens with one attached hydrogen (secondary N) is 1. The van der Waals surface area contributed by atoms with Crippen LogP contribution in [0.5, 0.6) is 5.75 Å². The fraction of sp³-hybridized carbons (Fsp3) is 0.345. The molecule has 0 bridgehead atoms.